The molecule has 0 radical (unpaired) electrons. The molecule has 1 unspecified atom stereocenters. The second-order valence-corrected chi connectivity index (χ2v) is 19.9. The summed E-state index contributed by atoms with van der Waals surface area (Å²) in [5.74, 6) is 4.96. The molecule has 0 saturated carbocycles. The van der Waals surface area contributed by atoms with Crippen LogP contribution in [0.4, 0.5) is 0 Å². The summed E-state index contributed by atoms with van der Waals surface area (Å²) in [5.41, 5.74) is 17.2. The first-order valence-electron chi connectivity index (χ1n) is 25.8. The molecule has 1 atom stereocenters. The number of ether oxygens (including phenoxy) is 1. The van der Waals surface area contributed by atoms with Crippen molar-refractivity contribution in [2.24, 2.45) is 0 Å². The van der Waals surface area contributed by atoms with E-state index in [4.69, 9.17) is 39.1 Å². The van der Waals surface area contributed by atoms with Crippen molar-refractivity contribution >= 4 is 21.9 Å². The molecule has 8 nitrogen and oxygen atoms in total. The number of furan rings is 1. The van der Waals surface area contributed by atoms with Crippen molar-refractivity contribution in [3.8, 4) is 102 Å². The predicted molar refractivity (Wildman–Crippen MR) is 305 cm³/mol. The highest BCUT2D eigenvalue weighted by atomic mass is 16.5. The molecule has 0 bridgehead atoms. The Morgan fingerprint density at radius 3 is 1.44 bits per heavy atom. The molecule has 0 saturated heterocycles. The zero-order valence-corrected chi connectivity index (χ0v) is 41.9. The summed E-state index contributed by atoms with van der Waals surface area (Å²) in [6.45, 7) is 4.17. The summed E-state index contributed by atoms with van der Waals surface area (Å²) in [5, 5.41) is 1.91. The van der Waals surface area contributed by atoms with E-state index in [0.717, 1.165) is 94.4 Å². The van der Waals surface area contributed by atoms with Gasteiger partial charge in [-0.05, 0) is 83.6 Å². The summed E-state index contributed by atoms with van der Waals surface area (Å²) in [4.78, 5) is 30.9. The van der Waals surface area contributed by atoms with E-state index in [0.29, 0.717) is 40.7 Å². The Labute approximate surface area is 444 Å². The molecule has 1 aliphatic carbocycles. The Morgan fingerprint density at radius 1 is 0.312 bits per heavy atom. The maximum Gasteiger partial charge on any atom is 0.167 e. The van der Waals surface area contributed by atoms with E-state index in [-0.39, 0.29) is 0 Å². The molecule has 0 fully saturated rings. The van der Waals surface area contributed by atoms with Crippen molar-refractivity contribution < 1.29 is 9.15 Å². The number of benzene rings is 10. The van der Waals surface area contributed by atoms with Gasteiger partial charge in [-0.1, -0.05) is 205 Å². The number of hydrogen-bond donors (Lipinski definition) is 0. The van der Waals surface area contributed by atoms with Gasteiger partial charge in [-0.15, -0.1) is 0 Å². The summed E-state index contributed by atoms with van der Waals surface area (Å²) < 4.78 is 13.8. The fourth-order valence-electron chi connectivity index (χ4n) is 11.6. The van der Waals surface area contributed by atoms with Crippen molar-refractivity contribution in [2.45, 2.75) is 19.3 Å². The Morgan fingerprint density at radius 2 is 0.779 bits per heavy atom. The molecular formula is C69H44N6O2. The molecule has 2 aliphatic rings. The van der Waals surface area contributed by atoms with E-state index < -0.39 is 5.41 Å². The predicted octanol–water partition coefficient (Wildman–Crippen LogP) is 16.7. The third-order valence-electron chi connectivity index (χ3n) is 15.2. The van der Waals surface area contributed by atoms with Crippen LogP contribution in [0.25, 0.3) is 113 Å². The van der Waals surface area contributed by atoms with Gasteiger partial charge in [-0.25, -0.2) is 29.9 Å². The molecule has 1 spiro atoms. The van der Waals surface area contributed by atoms with Crippen LogP contribution in [0.5, 0.6) is 11.5 Å². The van der Waals surface area contributed by atoms with Gasteiger partial charge in [0, 0.05) is 49.7 Å². The molecule has 1 aliphatic heterocycles. The van der Waals surface area contributed by atoms with Gasteiger partial charge in [0.2, 0.25) is 0 Å². The van der Waals surface area contributed by atoms with Crippen LogP contribution in [-0.2, 0) is 5.41 Å². The highest BCUT2D eigenvalue weighted by Gasteiger charge is 2.51. The van der Waals surface area contributed by atoms with Crippen LogP contribution in [0.3, 0.4) is 0 Å². The van der Waals surface area contributed by atoms with Gasteiger partial charge in [-0.3, -0.25) is 0 Å². The molecular weight excluding hydrogens is 945 g/mol. The Balaban J connectivity index is 0.918. The van der Waals surface area contributed by atoms with Crippen LogP contribution >= 0.6 is 0 Å². The molecule has 0 N–H and O–H groups in total. The molecule has 0 amide bonds. The van der Waals surface area contributed by atoms with Crippen molar-refractivity contribution in [3.05, 3.63) is 264 Å². The molecule has 8 heteroatoms. The maximum atomic E-state index is 7.16. The van der Waals surface area contributed by atoms with Crippen LogP contribution in [0.2, 0.25) is 0 Å². The minimum Gasteiger partial charge on any atom is -0.456 e. The van der Waals surface area contributed by atoms with Crippen LogP contribution in [0.1, 0.15) is 33.4 Å². The van der Waals surface area contributed by atoms with Gasteiger partial charge in [0.05, 0.1) is 11.0 Å². The molecule has 10 aromatic carbocycles. The highest BCUT2D eigenvalue weighted by Crippen LogP contribution is 2.63. The van der Waals surface area contributed by atoms with E-state index in [1.807, 2.05) is 78.9 Å². The molecule has 15 rings (SSSR count). The third kappa shape index (κ3) is 7.14. The first-order chi connectivity index (χ1) is 37.9. The lowest BCUT2D eigenvalue weighted by Crippen LogP contribution is -2.32. The van der Waals surface area contributed by atoms with Gasteiger partial charge in [0.1, 0.15) is 22.7 Å². The highest BCUT2D eigenvalue weighted by molar-refractivity contribution is 6.13. The van der Waals surface area contributed by atoms with E-state index in [2.05, 4.69) is 166 Å². The minimum atomic E-state index is -0.776. The summed E-state index contributed by atoms with van der Waals surface area (Å²) >= 11 is 0. The molecule has 3 aromatic heterocycles. The molecule has 362 valence electrons. The first kappa shape index (κ1) is 44.3. The number of rotatable bonds is 7. The lowest BCUT2D eigenvalue weighted by atomic mass is 9.65. The normalized spacial score (nSPS) is 14.0. The van der Waals surface area contributed by atoms with Crippen LogP contribution in [0.15, 0.2) is 235 Å². The first-order valence-corrected chi connectivity index (χ1v) is 25.8. The number of fused-ring (bicyclic) bond motifs is 12. The van der Waals surface area contributed by atoms with Gasteiger partial charge in [-0.2, -0.15) is 0 Å². The van der Waals surface area contributed by atoms with E-state index in [9.17, 15) is 0 Å². The lowest BCUT2D eigenvalue weighted by molar-refractivity contribution is 0.437. The number of hydrogen-bond acceptors (Lipinski definition) is 8. The van der Waals surface area contributed by atoms with E-state index in [1.165, 1.54) is 22.3 Å². The van der Waals surface area contributed by atoms with Crippen LogP contribution < -0.4 is 4.74 Å². The fourth-order valence-corrected chi connectivity index (χ4v) is 11.6. The van der Waals surface area contributed by atoms with Gasteiger partial charge >= 0.3 is 0 Å². The van der Waals surface area contributed by atoms with Crippen molar-refractivity contribution in [2.75, 3.05) is 0 Å². The molecule has 4 heterocycles. The van der Waals surface area contributed by atoms with Gasteiger partial charge in [0.25, 0.3) is 0 Å². The number of nitrogens with zero attached hydrogens (tertiary/aromatic N) is 6. The Hall–Kier alpha value is -10.2. The second kappa shape index (κ2) is 17.5. The largest absolute Gasteiger partial charge is 0.456 e. The van der Waals surface area contributed by atoms with Crippen molar-refractivity contribution in [1.82, 2.24) is 29.9 Å². The molecule has 77 heavy (non-hydrogen) atoms. The van der Waals surface area contributed by atoms with Crippen LogP contribution in [0, 0.1) is 13.8 Å². The van der Waals surface area contributed by atoms with E-state index in [1.54, 1.807) is 0 Å². The van der Waals surface area contributed by atoms with Crippen molar-refractivity contribution in [1.29, 1.82) is 0 Å². The Kier molecular flexibility index (Phi) is 10.1. The quantitative estimate of drug-likeness (QED) is 0.156. The SMILES string of the molecule is Cc1ccc(-c2nc(-c3ccc(C)cc3)nc(-c3cccc4oc5ccc(-c6ccc7c(c6)C6(c8ccccc8Oc8c(-c9nc(-c%10ccccc%10)nc(-c%10ccccc%10)n9)cccc86)c6ccccc6-7)cc5c34)n2)cc1. The second-order valence-electron chi connectivity index (χ2n) is 19.9. The third-order valence-corrected chi connectivity index (χ3v) is 15.2. The number of aryl methyl sites for hydroxylation is 2. The van der Waals surface area contributed by atoms with E-state index >= 15 is 0 Å². The van der Waals surface area contributed by atoms with Gasteiger partial charge in [0.15, 0.2) is 34.9 Å². The molecule has 13 aromatic rings. The minimum absolute atomic E-state index is 0.527. The standard InChI is InChI=1S/C69H44N6O2/c1-41-27-31-45(32-28-41)65-71-66(46-33-29-42(2)30-34-46)73-67(72-65)51-20-14-26-60-61(51)53-39-47(36-38-58(53)76-60)48-35-37-50-49-19-9-10-22-54(49)69(57(50)40-48)55-23-11-12-25-59(55)77-62-52(21-13-24-56(62)69)68-74-63(43-15-5-3-6-16-43)70-64(75-68)44-17-7-4-8-18-44/h3-40H,1-2H3. The zero-order valence-electron chi connectivity index (χ0n) is 41.9. The zero-order chi connectivity index (χ0) is 51.2. The monoisotopic (exact) mass is 988 g/mol. The lowest BCUT2D eigenvalue weighted by Gasteiger charge is -2.40. The van der Waals surface area contributed by atoms with Gasteiger partial charge < -0.3 is 9.15 Å². The fraction of sp³-hybridized carbons (Fsp3) is 0.0435. The smallest absolute Gasteiger partial charge is 0.167 e. The number of aromatic nitrogens is 6. The summed E-state index contributed by atoms with van der Waals surface area (Å²) in [6.07, 6.45) is 0. The summed E-state index contributed by atoms with van der Waals surface area (Å²) in [7, 11) is 0. The van der Waals surface area contributed by atoms with Crippen LogP contribution in [-0.4, -0.2) is 29.9 Å². The van der Waals surface area contributed by atoms with Crippen molar-refractivity contribution in [3.63, 3.8) is 0 Å². The maximum absolute atomic E-state index is 7.16. The average Bonchev–Trinajstić information content (AvgIpc) is 4.06. The summed E-state index contributed by atoms with van der Waals surface area (Å²) in [6, 6.07) is 80.0. The topological polar surface area (TPSA) is 99.7 Å². The number of para-hydroxylation sites is 2. The average molecular weight is 989 g/mol. The Bertz CT molecular complexity index is 4380.